The van der Waals surface area contributed by atoms with E-state index in [2.05, 4.69) is 15.2 Å². The van der Waals surface area contributed by atoms with Crippen molar-refractivity contribution in [1.29, 1.82) is 0 Å². The fourth-order valence-corrected chi connectivity index (χ4v) is 6.65. The number of thiophene rings is 2. The lowest BCUT2D eigenvalue weighted by Gasteiger charge is -2.34. The molecule has 8 nitrogen and oxygen atoms in total. The largest absolute Gasteiger partial charge is 0.335 e. The molecule has 0 unspecified atom stereocenters. The highest BCUT2D eigenvalue weighted by molar-refractivity contribution is 7.19. The summed E-state index contributed by atoms with van der Waals surface area (Å²) >= 11 is 2.96. The Bertz CT molecular complexity index is 1240. The number of aryl methyl sites for hydroxylation is 2. The fraction of sp³-hybridized carbons (Fsp3) is 0.455. The summed E-state index contributed by atoms with van der Waals surface area (Å²) in [7, 11) is 0. The number of piperazine rings is 1. The Balaban J connectivity index is 1.23. The lowest BCUT2D eigenvalue weighted by molar-refractivity contribution is -0.114. The van der Waals surface area contributed by atoms with Gasteiger partial charge in [-0.15, -0.1) is 22.7 Å². The second kappa shape index (κ2) is 8.76. The molecule has 0 bridgehead atoms. The number of H-pyrrole nitrogens is 1. The Hall–Kier alpha value is -2.56. The van der Waals surface area contributed by atoms with Gasteiger partial charge < -0.3 is 15.2 Å². The van der Waals surface area contributed by atoms with Gasteiger partial charge in [-0.25, -0.2) is 4.98 Å². The number of hydrogen-bond donors (Lipinski definition) is 2. The summed E-state index contributed by atoms with van der Waals surface area (Å²) in [6.07, 6.45) is 4.36. The first kappa shape index (κ1) is 21.3. The predicted molar refractivity (Wildman–Crippen MR) is 127 cm³/mol. The van der Waals surface area contributed by atoms with Crippen LogP contribution in [0.4, 0.5) is 5.00 Å². The maximum atomic E-state index is 12.8. The van der Waals surface area contributed by atoms with Gasteiger partial charge in [0.15, 0.2) is 0 Å². The lowest BCUT2D eigenvalue weighted by atomic mass is 9.97. The van der Waals surface area contributed by atoms with Gasteiger partial charge in [0.25, 0.3) is 11.5 Å². The summed E-state index contributed by atoms with van der Waals surface area (Å²) in [5, 5.41) is 4.19. The van der Waals surface area contributed by atoms with Gasteiger partial charge in [-0.1, -0.05) is 0 Å². The highest BCUT2D eigenvalue weighted by atomic mass is 32.1. The van der Waals surface area contributed by atoms with Gasteiger partial charge in [-0.05, 0) is 43.4 Å². The van der Waals surface area contributed by atoms with Crippen molar-refractivity contribution in [2.24, 2.45) is 0 Å². The average Bonchev–Trinajstić information content (AvgIpc) is 3.37. The molecule has 0 radical (unpaired) electrons. The summed E-state index contributed by atoms with van der Waals surface area (Å²) in [4.78, 5) is 51.4. The quantitative estimate of drug-likeness (QED) is 0.610. The van der Waals surface area contributed by atoms with E-state index in [0.29, 0.717) is 35.3 Å². The molecule has 168 valence electrons. The van der Waals surface area contributed by atoms with E-state index in [4.69, 9.17) is 4.98 Å². The van der Waals surface area contributed by atoms with Crippen molar-refractivity contribution in [1.82, 2.24) is 19.8 Å². The van der Waals surface area contributed by atoms with Crippen molar-refractivity contribution in [3.05, 3.63) is 43.6 Å². The molecule has 0 atom stereocenters. The minimum Gasteiger partial charge on any atom is -0.335 e. The number of aromatic amines is 1. The minimum atomic E-state index is -0.146. The van der Waals surface area contributed by atoms with Crippen LogP contribution in [0.15, 0.2) is 16.9 Å². The maximum Gasteiger partial charge on any atom is 0.264 e. The van der Waals surface area contributed by atoms with Crippen LogP contribution in [0.3, 0.4) is 0 Å². The number of nitrogens with one attached hydrogen (secondary N) is 2. The minimum absolute atomic E-state index is 0.0108. The summed E-state index contributed by atoms with van der Waals surface area (Å²) in [5.74, 6) is 0.537. The molecule has 2 N–H and O–H groups in total. The molecule has 10 heteroatoms. The molecule has 5 rings (SSSR count). The van der Waals surface area contributed by atoms with E-state index in [0.717, 1.165) is 42.6 Å². The first-order valence-electron chi connectivity index (χ1n) is 10.9. The molecule has 1 saturated heterocycles. The Labute approximate surface area is 193 Å². The molecule has 2 aliphatic rings. The van der Waals surface area contributed by atoms with Crippen molar-refractivity contribution in [3.8, 4) is 0 Å². The molecule has 3 aromatic rings. The number of rotatable bonds is 4. The van der Waals surface area contributed by atoms with Gasteiger partial charge in [-0.3, -0.25) is 19.3 Å². The third kappa shape index (κ3) is 4.22. The van der Waals surface area contributed by atoms with Gasteiger partial charge in [-0.2, -0.15) is 0 Å². The molecule has 1 aliphatic heterocycles. The van der Waals surface area contributed by atoms with Crippen LogP contribution < -0.4 is 10.9 Å². The van der Waals surface area contributed by atoms with Crippen LogP contribution in [0.2, 0.25) is 0 Å². The molecule has 1 fully saturated rings. The third-order valence-corrected chi connectivity index (χ3v) is 8.20. The summed E-state index contributed by atoms with van der Waals surface area (Å²) in [5.41, 5.74) is 1.18. The SMILES string of the molecule is CC(=O)Nc1ccc(C(=O)N2CCN(Cc3nc4sc5c(c4c(=O)[nH]3)CCCC5)CC2)s1. The Morgan fingerprint density at radius 3 is 2.69 bits per heavy atom. The standard InChI is InChI=1S/C22H25N5O3S2/c1-13(28)23-18-7-6-16(31-18)22(30)27-10-8-26(9-11-27)12-17-24-20(29)19-14-4-2-3-5-15(14)32-21(19)25-17/h6-7H,2-5,8-12H2,1H3,(H,23,28)(H,24,25,29). The van der Waals surface area contributed by atoms with Crippen LogP contribution in [-0.2, 0) is 24.2 Å². The monoisotopic (exact) mass is 471 g/mol. The summed E-state index contributed by atoms with van der Waals surface area (Å²) in [6.45, 7) is 4.70. The molecular weight excluding hydrogens is 446 g/mol. The van der Waals surface area contributed by atoms with Crippen LogP contribution in [0.25, 0.3) is 10.2 Å². The molecule has 32 heavy (non-hydrogen) atoms. The number of aromatic nitrogens is 2. The third-order valence-electron chi connectivity index (χ3n) is 6.02. The molecule has 2 amide bonds. The first-order chi connectivity index (χ1) is 15.5. The number of amides is 2. The van der Waals surface area contributed by atoms with Crippen LogP contribution in [0.1, 0.15) is 45.7 Å². The molecule has 4 heterocycles. The number of carbonyl (C=O) groups is 2. The van der Waals surface area contributed by atoms with E-state index >= 15 is 0 Å². The van der Waals surface area contributed by atoms with Gasteiger partial charge >= 0.3 is 0 Å². The van der Waals surface area contributed by atoms with Gasteiger partial charge in [0.1, 0.15) is 10.7 Å². The van der Waals surface area contributed by atoms with E-state index in [1.54, 1.807) is 23.5 Å². The zero-order valence-electron chi connectivity index (χ0n) is 17.9. The molecular formula is C22H25N5O3S2. The van der Waals surface area contributed by atoms with Crippen molar-refractivity contribution < 1.29 is 9.59 Å². The lowest BCUT2D eigenvalue weighted by Crippen LogP contribution is -2.48. The average molecular weight is 472 g/mol. The Morgan fingerprint density at radius 1 is 1.12 bits per heavy atom. The highest BCUT2D eigenvalue weighted by Crippen LogP contribution is 2.33. The van der Waals surface area contributed by atoms with E-state index in [1.165, 1.54) is 35.1 Å². The van der Waals surface area contributed by atoms with E-state index in [-0.39, 0.29) is 17.4 Å². The van der Waals surface area contributed by atoms with Crippen LogP contribution in [0, 0.1) is 0 Å². The molecule has 0 aromatic carbocycles. The van der Waals surface area contributed by atoms with E-state index in [9.17, 15) is 14.4 Å². The van der Waals surface area contributed by atoms with Gasteiger partial charge in [0, 0.05) is 38.0 Å². The van der Waals surface area contributed by atoms with Crippen LogP contribution >= 0.6 is 22.7 Å². The van der Waals surface area contributed by atoms with Crippen molar-refractivity contribution in [2.45, 2.75) is 39.2 Å². The number of nitrogens with zero attached hydrogens (tertiary/aromatic N) is 3. The second-order valence-electron chi connectivity index (χ2n) is 8.32. The van der Waals surface area contributed by atoms with E-state index in [1.807, 2.05) is 4.90 Å². The number of fused-ring (bicyclic) bond motifs is 3. The fourth-order valence-electron chi connectivity index (χ4n) is 4.45. The summed E-state index contributed by atoms with van der Waals surface area (Å²) < 4.78 is 0. The normalized spacial score (nSPS) is 16.8. The topological polar surface area (TPSA) is 98.4 Å². The smallest absolute Gasteiger partial charge is 0.264 e. The Morgan fingerprint density at radius 2 is 1.91 bits per heavy atom. The van der Waals surface area contributed by atoms with Crippen molar-refractivity contribution >= 4 is 49.7 Å². The zero-order valence-corrected chi connectivity index (χ0v) is 19.5. The van der Waals surface area contributed by atoms with Crippen LogP contribution in [0.5, 0.6) is 0 Å². The highest BCUT2D eigenvalue weighted by Gasteiger charge is 2.25. The number of anilines is 1. The summed E-state index contributed by atoms with van der Waals surface area (Å²) in [6, 6.07) is 3.52. The van der Waals surface area contributed by atoms with E-state index < -0.39 is 0 Å². The molecule has 0 spiro atoms. The predicted octanol–water partition coefficient (Wildman–Crippen LogP) is 2.84. The van der Waals surface area contributed by atoms with Crippen molar-refractivity contribution in [2.75, 3.05) is 31.5 Å². The molecule has 3 aromatic heterocycles. The second-order valence-corrected chi connectivity index (χ2v) is 10.5. The number of carbonyl (C=O) groups excluding carboxylic acids is 2. The Kier molecular flexibility index (Phi) is 5.83. The molecule has 0 saturated carbocycles. The van der Waals surface area contributed by atoms with Crippen LogP contribution in [-0.4, -0.2) is 57.8 Å². The number of hydrogen-bond acceptors (Lipinski definition) is 7. The van der Waals surface area contributed by atoms with Gasteiger partial charge in [0.2, 0.25) is 5.91 Å². The van der Waals surface area contributed by atoms with Gasteiger partial charge in [0.05, 0.1) is 21.8 Å². The molecule has 1 aliphatic carbocycles. The zero-order chi connectivity index (χ0) is 22.2. The maximum absolute atomic E-state index is 12.8. The first-order valence-corrected chi connectivity index (χ1v) is 12.5. The van der Waals surface area contributed by atoms with Crippen molar-refractivity contribution in [3.63, 3.8) is 0 Å².